The Morgan fingerprint density at radius 3 is 2.74 bits per heavy atom. The first-order chi connectivity index (χ1) is 9.24. The van der Waals surface area contributed by atoms with Crippen molar-refractivity contribution < 1.29 is 14.2 Å². The first-order valence-corrected chi connectivity index (χ1v) is 6.52. The average Bonchev–Trinajstić information content (AvgIpc) is 2.46. The normalized spacial score (nSPS) is 19.0. The van der Waals surface area contributed by atoms with Gasteiger partial charge in [-0.25, -0.2) is 0 Å². The molecule has 1 aromatic carbocycles. The molecule has 0 saturated carbocycles. The minimum atomic E-state index is 0.325. The van der Waals surface area contributed by atoms with E-state index in [9.17, 15) is 0 Å². The molecule has 1 aromatic rings. The van der Waals surface area contributed by atoms with Gasteiger partial charge in [0.15, 0.2) is 0 Å². The molecule has 0 aliphatic carbocycles. The first kappa shape index (κ1) is 14.0. The molecule has 5 heteroatoms. The highest BCUT2D eigenvalue weighted by Gasteiger charge is 2.14. The van der Waals surface area contributed by atoms with E-state index in [0.717, 1.165) is 49.1 Å². The minimum Gasteiger partial charge on any atom is -0.496 e. The molecule has 0 radical (unpaired) electrons. The van der Waals surface area contributed by atoms with Gasteiger partial charge in [-0.15, -0.1) is 0 Å². The van der Waals surface area contributed by atoms with Gasteiger partial charge >= 0.3 is 0 Å². The number of nitrogens with one attached hydrogen (secondary N) is 2. The van der Waals surface area contributed by atoms with Crippen LogP contribution in [0.3, 0.4) is 0 Å². The fourth-order valence-electron chi connectivity index (χ4n) is 2.17. The van der Waals surface area contributed by atoms with Gasteiger partial charge in [0.05, 0.1) is 33.1 Å². The number of hydrogen-bond donors (Lipinski definition) is 2. The van der Waals surface area contributed by atoms with Gasteiger partial charge in [-0.3, -0.25) is 0 Å². The maximum atomic E-state index is 5.43. The fraction of sp³-hybridized carbons (Fsp3) is 0.571. The van der Waals surface area contributed by atoms with E-state index in [-0.39, 0.29) is 0 Å². The number of ether oxygens (including phenoxy) is 3. The molecule has 2 N–H and O–H groups in total. The van der Waals surface area contributed by atoms with Crippen molar-refractivity contribution >= 4 is 5.69 Å². The van der Waals surface area contributed by atoms with Crippen LogP contribution in [-0.2, 0) is 4.74 Å². The van der Waals surface area contributed by atoms with Gasteiger partial charge in [-0.05, 0) is 18.6 Å². The summed E-state index contributed by atoms with van der Waals surface area (Å²) in [5.41, 5.74) is 2.00. The number of rotatable bonds is 5. The molecule has 19 heavy (non-hydrogen) atoms. The summed E-state index contributed by atoms with van der Waals surface area (Å²) in [6.45, 7) is 5.22. The van der Waals surface area contributed by atoms with Crippen molar-refractivity contribution in [1.29, 1.82) is 0 Å². The summed E-state index contributed by atoms with van der Waals surface area (Å²) in [5.74, 6) is 1.69. The number of morpholine rings is 1. The Kier molecular flexibility index (Phi) is 4.87. The van der Waals surface area contributed by atoms with Crippen molar-refractivity contribution in [3.05, 3.63) is 17.7 Å². The van der Waals surface area contributed by atoms with Crippen LogP contribution in [0.4, 0.5) is 5.69 Å². The molecule has 0 aromatic heterocycles. The number of aryl methyl sites for hydroxylation is 1. The largest absolute Gasteiger partial charge is 0.496 e. The topological polar surface area (TPSA) is 51.8 Å². The second kappa shape index (κ2) is 6.63. The van der Waals surface area contributed by atoms with E-state index in [0.29, 0.717) is 6.04 Å². The van der Waals surface area contributed by atoms with Crippen LogP contribution in [0.1, 0.15) is 5.56 Å². The van der Waals surface area contributed by atoms with Crippen molar-refractivity contribution in [2.75, 3.05) is 45.8 Å². The molecule has 1 aliphatic heterocycles. The predicted molar refractivity (Wildman–Crippen MR) is 75.4 cm³/mol. The molecule has 5 nitrogen and oxygen atoms in total. The third-order valence-electron chi connectivity index (χ3n) is 3.25. The second-order valence-electron chi connectivity index (χ2n) is 4.63. The molecule has 106 valence electrons. The third-order valence-corrected chi connectivity index (χ3v) is 3.25. The van der Waals surface area contributed by atoms with Crippen LogP contribution < -0.4 is 20.1 Å². The Balaban J connectivity index is 2.05. The number of benzene rings is 1. The standard InChI is InChI=1S/C14H22N2O3/c1-10-6-14(18-3)12(7-13(10)17-2)16-8-11-9-19-5-4-15-11/h6-7,11,15-16H,4-5,8-9H2,1-3H3. The molecule has 1 atom stereocenters. The molecule has 1 aliphatic rings. The molecule has 0 bridgehead atoms. The van der Waals surface area contributed by atoms with Crippen molar-refractivity contribution in [2.45, 2.75) is 13.0 Å². The highest BCUT2D eigenvalue weighted by Crippen LogP contribution is 2.32. The van der Waals surface area contributed by atoms with Crippen LogP contribution >= 0.6 is 0 Å². The lowest BCUT2D eigenvalue weighted by atomic mass is 10.1. The second-order valence-corrected chi connectivity index (χ2v) is 4.63. The highest BCUT2D eigenvalue weighted by molar-refractivity contribution is 5.62. The van der Waals surface area contributed by atoms with Gasteiger partial charge < -0.3 is 24.8 Å². The van der Waals surface area contributed by atoms with Crippen LogP contribution in [-0.4, -0.2) is 46.6 Å². The summed E-state index contributed by atoms with van der Waals surface area (Å²) in [6, 6.07) is 4.27. The van der Waals surface area contributed by atoms with Gasteiger partial charge in [0.1, 0.15) is 11.5 Å². The molecule has 0 amide bonds. The van der Waals surface area contributed by atoms with Crippen LogP contribution in [0.15, 0.2) is 12.1 Å². The van der Waals surface area contributed by atoms with Crippen molar-refractivity contribution in [1.82, 2.24) is 5.32 Å². The zero-order valence-corrected chi connectivity index (χ0v) is 11.8. The number of hydrogen-bond acceptors (Lipinski definition) is 5. The molecule has 1 heterocycles. The monoisotopic (exact) mass is 266 g/mol. The summed E-state index contributed by atoms with van der Waals surface area (Å²) in [7, 11) is 3.35. The Hall–Kier alpha value is -1.46. The summed E-state index contributed by atoms with van der Waals surface area (Å²) in [4.78, 5) is 0. The van der Waals surface area contributed by atoms with Crippen LogP contribution in [0.2, 0.25) is 0 Å². The quantitative estimate of drug-likeness (QED) is 0.844. The van der Waals surface area contributed by atoms with E-state index in [1.807, 2.05) is 19.1 Å². The van der Waals surface area contributed by atoms with Crippen molar-refractivity contribution in [3.63, 3.8) is 0 Å². The lowest BCUT2D eigenvalue weighted by Crippen LogP contribution is -2.45. The molecule has 1 fully saturated rings. The summed E-state index contributed by atoms with van der Waals surface area (Å²) < 4.78 is 16.2. The van der Waals surface area contributed by atoms with E-state index >= 15 is 0 Å². The Morgan fingerprint density at radius 1 is 1.32 bits per heavy atom. The molecule has 2 rings (SSSR count). The van der Waals surface area contributed by atoms with Gasteiger partial charge in [0, 0.05) is 25.2 Å². The average molecular weight is 266 g/mol. The van der Waals surface area contributed by atoms with Crippen molar-refractivity contribution in [2.24, 2.45) is 0 Å². The van der Waals surface area contributed by atoms with E-state index in [4.69, 9.17) is 14.2 Å². The Morgan fingerprint density at radius 2 is 2.11 bits per heavy atom. The van der Waals surface area contributed by atoms with Gasteiger partial charge in [-0.2, -0.15) is 0 Å². The minimum absolute atomic E-state index is 0.325. The summed E-state index contributed by atoms with van der Waals surface area (Å²) in [6.07, 6.45) is 0. The first-order valence-electron chi connectivity index (χ1n) is 6.52. The van der Waals surface area contributed by atoms with Crippen molar-refractivity contribution in [3.8, 4) is 11.5 Å². The zero-order valence-electron chi connectivity index (χ0n) is 11.8. The Bertz CT molecular complexity index is 417. The Labute approximate surface area is 114 Å². The number of methoxy groups -OCH3 is 2. The van der Waals surface area contributed by atoms with Gasteiger partial charge in [0.2, 0.25) is 0 Å². The summed E-state index contributed by atoms with van der Waals surface area (Å²) >= 11 is 0. The third kappa shape index (κ3) is 3.52. The lowest BCUT2D eigenvalue weighted by Gasteiger charge is -2.25. The zero-order chi connectivity index (χ0) is 13.7. The SMILES string of the molecule is COc1cc(NCC2COCCN2)c(OC)cc1C. The van der Waals surface area contributed by atoms with Crippen LogP contribution in [0.25, 0.3) is 0 Å². The summed E-state index contributed by atoms with van der Waals surface area (Å²) in [5, 5.41) is 6.80. The van der Waals surface area contributed by atoms with Crippen LogP contribution in [0, 0.1) is 6.92 Å². The molecule has 1 saturated heterocycles. The molecular weight excluding hydrogens is 244 g/mol. The fourth-order valence-corrected chi connectivity index (χ4v) is 2.17. The van der Waals surface area contributed by atoms with E-state index < -0.39 is 0 Å². The van der Waals surface area contributed by atoms with Gasteiger partial charge in [-0.1, -0.05) is 0 Å². The van der Waals surface area contributed by atoms with E-state index in [1.165, 1.54) is 0 Å². The smallest absolute Gasteiger partial charge is 0.142 e. The van der Waals surface area contributed by atoms with E-state index in [1.54, 1.807) is 14.2 Å². The van der Waals surface area contributed by atoms with Crippen LogP contribution in [0.5, 0.6) is 11.5 Å². The maximum absolute atomic E-state index is 5.43. The lowest BCUT2D eigenvalue weighted by molar-refractivity contribution is 0.0806. The number of anilines is 1. The molecular formula is C14H22N2O3. The van der Waals surface area contributed by atoms with E-state index in [2.05, 4.69) is 10.6 Å². The molecule has 0 spiro atoms. The maximum Gasteiger partial charge on any atom is 0.142 e. The highest BCUT2D eigenvalue weighted by atomic mass is 16.5. The van der Waals surface area contributed by atoms with Gasteiger partial charge in [0.25, 0.3) is 0 Å². The predicted octanol–water partition coefficient (Wildman–Crippen LogP) is 1.41. The molecule has 1 unspecified atom stereocenters.